The summed E-state index contributed by atoms with van der Waals surface area (Å²) in [6, 6.07) is 9.11. The van der Waals surface area contributed by atoms with Gasteiger partial charge in [0.05, 0.1) is 5.52 Å². The number of hydrogen-bond acceptors (Lipinski definition) is 6. The first kappa shape index (κ1) is 20.0. The van der Waals surface area contributed by atoms with Crippen molar-refractivity contribution in [2.75, 3.05) is 0 Å². The van der Waals surface area contributed by atoms with Crippen LogP contribution in [0.3, 0.4) is 0 Å². The summed E-state index contributed by atoms with van der Waals surface area (Å²) in [5.74, 6) is -0.489. The first-order valence-corrected chi connectivity index (χ1v) is 9.56. The molecular formula is C16H8BrF3N2O5S. The van der Waals surface area contributed by atoms with Crippen molar-refractivity contribution in [2.24, 2.45) is 0 Å². The molecule has 0 radical (unpaired) electrons. The van der Waals surface area contributed by atoms with Crippen LogP contribution in [0.15, 0.2) is 58.0 Å². The molecule has 2 aromatic carbocycles. The first-order valence-electron chi connectivity index (χ1n) is 7.33. The van der Waals surface area contributed by atoms with E-state index < -0.39 is 31.4 Å². The molecule has 28 heavy (non-hydrogen) atoms. The molecule has 12 heteroatoms. The molecule has 7 nitrogen and oxygen atoms in total. The van der Waals surface area contributed by atoms with Crippen LogP contribution in [-0.2, 0) is 10.0 Å². The summed E-state index contributed by atoms with van der Waals surface area (Å²) in [7, 11) is -4.84. The molecule has 3 aromatic rings. The fraction of sp³-hybridized carbons (Fsp3) is 0.0625. The van der Waals surface area contributed by atoms with E-state index >= 15 is 0 Å². The third-order valence-corrected chi connectivity index (χ3v) is 5.40. The van der Waals surface area contributed by atoms with Gasteiger partial charge in [0.2, 0.25) is 0 Å². The van der Waals surface area contributed by atoms with Crippen molar-refractivity contribution in [3.63, 3.8) is 0 Å². The predicted molar refractivity (Wildman–Crippen MR) is 95.7 cm³/mol. The van der Waals surface area contributed by atoms with Crippen molar-refractivity contribution in [1.29, 1.82) is 0 Å². The number of sulfonamides is 1. The SMILES string of the molecule is O=[N+]([O-])S(=O)(=O)c1cccc2cc(-c3ccc(Br)cc3OC(F)(F)F)cnc12. The third kappa shape index (κ3) is 3.92. The van der Waals surface area contributed by atoms with Gasteiger partial charge in [0, 0.05) is 27.2 Å². The Bertz CT molecular complexity index is 1200. The Labute approximate surface area is 164 Å². The molecule has 1 aromatic heterocycles. The van der Waals surface area contributed by atoms with Gasteiger partial charge < -0.3 is 4.74 Å². The van der Waals surface area contributed by atoms with Crippen LogP contribution in [0.4, 0.5) is 13.2 Å². The highest BCUT2D eigenvalue weighted by Crippen LogP contribution is 2.37. The molecule has 0 fully saturated rings. The molecule has 0 unspecified atom stereocenters. The van der Waals surface area contributed by atoms with Crippen LogP contribution in [0.1, 0.15) is 0 Å². The molecule has 0 spiro atoms. The summed E-state index contributed by atoms with van der Waals surface area (Å²) in [5.41, 5.74) is 0.0886. The summed E-state index contributed by atoms with van der Waals surface area (Å²) < 4.78 is 64.8. The van der Waals surface area contributed by atoms with E-state index in [1.54, 1.807) is 0 Å². The summed E-state index contributed by atoms with van der Waals surface area (Å²) in [4.78, 5) is 14.2. The van der Waals surface area contributed by atoms with Gasteiger partial charge in [-0.1, -0.05) is 28.1 Å². The van der Waals surface area contributed by atoms with Gasteiger partial charge in [0.1, 0.15) is 5.75 Å². The van der Waals surface area contributed by atoms with E-state index in [9.17, 15) is 31.7 Å². The zero-order valence-corrected chi connectivity index (χ0v) is 15.9. The summed E-state index contributed by atoms with van der Waals surface area (Å²) in [6.45, 7) is 0. The van der Waals surface area contributed by atoms with E-state index in [0.29, 0.717) is 4.47 Å². The Morgan fingerprint density at radius 2 is 1.86 bits per heavy atom. The van der Waals surface area contributed by atoms with Gasteiger partial charge in [0.15, 0.2) is 9.22 Å². The van der Waals surface area contributed by atoms with E-state index in [4.69, 9.17) is 0 Å². The van der Waals surface area contributed by atoms with Gasteiger partial charge >= 0.3 is 16.4 Å². The zero-order chi connectivity index (χ0) is 20.7. The fourth-order valence-corrected chi connectivity index (χ4v) is 3.68. The number of halogens is 4. The maximum atomic E-state index is 12.7. The van der Waals surface area contributed by atoms with E-state index in [-0.39, 0.29) is 22.0 Å². The number of fused-ring (bicyclic) bond motifs is 1. The molecule has 0 amide bonds. The summed E-state index contributed by atoms with van der Waals surface area (Å²) >= 11 is 3.07. The second-order valence-corrected chi connectivity index (χ2v) is 8.04. The highest BCUT2D eigenvalue weighted by atomic mass is 79.9. The molecule has 0 saturated heterocycles. The average Bonchev–Trinajstić information content (AvgIpc) is 2.59. The molecule has 0 saturated carbocycles. The van der Waals surface area contributed by atoms with Crippen LogP contribution in [0.2, 0.25) is 0 Å². The number of aromatic nitrogens is 1. The van der Waals surface area contributed by atoms with Crippen molar-refractivity contribution in [2.45, 2.75) is 11.3 Å². The normalized spacial score (nSPS) is 12.1. The highest BCUT2D eigenvalue weighted by molar-refractivity contribution is 9.10. The number of nitro groups is 1. The second-order valence-electron chi connectivity index (χ2n) is 5.44. The molecule has 146 valence electrons. The van der Waals surface area contributed by atoms with E-state index in [0.717, 1.165) is 18.3 Å². The van der Waals surface area contributed by atoms with E-state index in [1.165, 1.54) is 30.3 Å². The van der Waals surface area contributed by atoms with Gasteiger partial charge in [0.25, 0.3) is 0 Å². The molecule has 0 N–H and O–H groups in total. The summed E-state index contributed by atoms with van der Waals surface area (Å²) in [6.07, 6.45) is -3.81. The van der Waals surface area contributed by atoms with Gasteiger partial charge in [-0.3, -0.25) is 4.98 Å². The topological polar surface area (TPSA) is 99.4 Å². The molecule has 0 bridgehead atoms. The van der Waals surface area contributed by atoms with Crippen molar-refractivity contribution in [3.8, 4) is 16.9 Å². The van der Waals surface area contributed by atoms with E-state index in [1.807, 2.05) is 0 Å². The number of hydrogen-bond donors (Lipinski definition) is 0. The maximum absolute atomic E-state index is 12.7. The Kier molecular flexibility index (Phi) is 5.02. The Morgan fingerprint density at radius 3 is 2.50 bits per heavy atom. The van der Waals surface area contributed by atoms with Crippen molar-refractivity contribution >= 4 is 36.9 Å². The minimum Gasteiger partial charge on any atom is -0.405 e. The molecule has 1 heterocycles. The largest absolute Gasteiger partial charge is 0.573 e. The van der Waals surface area contributed by atoms with Crippen LogP contribution < -0.4 is 4.74 Å². The number of benzene rings is 2. The molecule has 0 aliphatic rings. The Balaban J connectivity index is 2.19. The lowest BCUT2D eigenvalue weighted by Gasteiger charge is -2.14. The van der Waals surface area contributed by atoms with Crippen LogP contribution >= 0.6 is 15.9 Å². The minimum absolute atomic E-state index is 0.0532. The number of rotatable bonds is 4. The van der Waals surface area contributed by atoms with Gasteiger partial charge in [-0.2, -0.15) is 8.42 Å². The number of pyridine rings is 1. The summed E-state index contributed by atoms with van der Waals surface area (Å²) in [5, 5.41) is 11.0. The maximum Gasteiger partial charge on any atom is 0.573 e. The Morgan fingerprint density at radius 1 is 1.14 bits per heavy atom. The molecule has 0 atom stereocenters. The molecular weight excluding hydrogens is 469 g/mol. The molecule has 0 aliphatic heterocycles. The first-order chi connectivity index (χ1) is 13.0. The smallest absolute Gasteiger partial charge is 0.405 e. The van der Waals surface area contributed by atoms with Gasteiger partial charge in [-0.25, -0.2) is 10.1 Å². The molecule has 3 rings (SSSR count). The molecule has 0 aliphatic carbocycles. The minimum atomic E-state index is -4.92. The van der Waals surface area contributed by atoms with Crippen molar-refractivity contribution in [3.05, 3.63) is 63.2 Å². The highest BCUT2D eigenvalue weighted by Gasteiger charge is 2.33. The quantitative estimate of drug-likeness (QED) is 0.405. The lowest BCUT2D eigenvalue weighted by molar-refractivity contribution is -0.305. The number of alkyl halides is 3. The van der Waals surface area contributed by atoms with Crippen LogP contribution in [0, 0.1) is 10.1 Å². The number of nitrogens with zero attached hydrogens (tertiary/aromatic N) is 2. The standard InChI is InChI=1S/C16H8BrF3N2O5S/c17-11-4-5-12(13(7-11)27-16(18,19)20)10-6-9-2-1-3-14(15(9)21-8-10)28(25,26)22(23)24/h1-8H. The zero-order valence-electron chi connectivity index (χ0n) is 13.5. The fourth-order valence-electron chi connectivity index (χ4n) is 2.51. The van der Waals surface area contributed by atoms with Crippen LogP contribution in [0.5, 0.6) is 5.75 Å². The number of ether oxygens (including phenoxy) is 1. The lowest BCUT2D eigenvalue weighted by Crippen LogP contribution is -2.17. The third-order valence-electron chi connectivity index (χ3n) is 3.63. The average molecular weight is 477 g/mol. The van der Waals surface area contributed by atoms with Crippen LogP contribution in [0.25, 0.3) is 22.0 Å². The van der Waals surface area contributed by atoms with Gasteiger partial charge in [-0.15, -0.1) is 13.2 Å². The number of para-hydroxylation sites is 1. The second kappa shape index (κ2) is 7.02. The lowest BCUT2D eigenvalue weighted by atomic mass is 10.0. The van der Waals surface area contributed by atoms with E-state index in [2.05, 4.69) is 25.7 Å². The monoisotopic (exact) mass is 476 g/mol. The van der Waals surface area contributed by atoms with Crippen molar-refractivity contribution in [1.82, 2.24) is 4.98 Å². The van der Waals surface area contributed by atoms with Crippen LogP contribution in [-0.4, -0.2) is 24.1 Å². The van der Waals surface area contributed by atoms with Crippen molar-refractivity contribution < 1.29 is 30.7 Å². The van der Waals surface area contributed by atoms with Gasteiger partial charge in [-0.05, 0) is 30.3 Å². The Hall–Kier alpha value is -2.73. The predicted octanol–water partition coefficient (Wildman–Crippen LogP) is 4.53.